The molecule has 3 aliphatic rings. The van der Waals surface area contributed by atoms with Crippen molar-refractivity contribution >= 4 is 24.0 Å². The van der Waals surface area contributed by atoms with E-state index in [-0.39, 0.29) is 35.7 Å². The lowest BCUT2D eigenvalue weighted by atomic mass is 9.96. The van der Waals surface area contributed by atoms with E-state index in [9.17, 15) is 19.2 Å². The topological polar surface area (TPSA) is 184 Å². The number of benzene rings is 2. The van der Waals surface area contributed by atoms with Crippen LogP contribution in [-0.2, 0) is 23.8 Å². The second kappa shape index (κ2) is 17.0. The molecular weight excluding hydrogens is 741 g/mol. The van der Waals surface area contributed by atoms with Crippen LogP contribution in [0.4, 0.5) is 9.59 Å². The van der Waals surface area contributed by atoms with Gasteiger partial charge in [-0.25, -0.2) is 14.6 Å². The molecule has 3 aliphatic heterocycles. The number of amides is 4. The van der Waals surface area contributed by atoms with Crippen LogP contribution in [0.2, 0.25) is 0 Å². The molecule has 4 N–H and O–H groups in total. The molecule has 0 unspecified atom stereocenters. The Morgan fingerprint density at radius 2 is 1.40 bits per heavy atom. The monoisotopic (exact) mass is 794 g/mol. The van der Waals surface area contributed by atoms with E-state index in [0.717, 1.165) is 65.0 Å². The van der Waals surface area contributed by atoms with Gasteiger partial charge in [-0.1, -0.05) is 76.2 Å². The number of imidazole rings is 1. The third-order valence-electron chi connectivity index (χ3n) is 11.8. The zero-order chi connectivity index (χ0) is 41.1. The summed E-state index contributed by atoms with van der Waals surface area (Å²) >= 11 is 0. The average Bonchev–Trinajstić information content (AvgIpc) is 4.09. The Labute approximate surface area is 338 Å². The molecule has 2 aromatic heterocycles. The van der Waals surface area contributed by atoms with E-state index < -0.39 is 29.9 Å². The lowest BCUT2D eigenvalue weighted by Gasteiger charge is -2.30. The van der Waals surface area contributed by atoms with Gasteiger partial charge in [0.05, 0.1) is 61.7 Å². The summed E-state index contributed by atoms with van der Waals surface area (Å²) in [5.41, 5.74) is 6.04. The van der Waals surface area contributed by atoms with E-state index in [1.807, 2.05) is 67.8 Å². The summed E-state index contributed by atoms with van der Waals surface area (Å²) in [5, 5.41) is 13.2. The number of rotatable bonds is 11. The van der Waals surface area contributed by atoms with Gasteiger partial charge in [0, 0.05) is 25.1 Å². The minimum absolute atomic E-state index is 0.104. The van der Waals surface area contributed by atoms with E-state index in [2.05, 4.69) is 50.1 Å². The maximum atomic E-state index is 14.0. The minimum atomic E-state index is -0.749. The summed E-state index contributed by atoms with van der Waals surface area (Å²) in [4.78, 5) is 63.6. The number of aromatic nitrogens is 4. The number of hydrogen-bond donors (Lipinski definition) is 4. The van der Waals surface area contributed by atoms with Crippen molar-refractivity contribution in [3.05, 3.63) is 72.3 Å². The molecule has 5 heterocycles. The van der Waals surface area contributed by atoms with Crippen molar-refractivity contribution in [3.63, 3.8) is 0 Å². The van der Waals surface area contributed by atoms with Gasteiger partial charge < -0.3 is 39.6 Å². The lowest BCUT2D eigenvalue weighted by Crippen LogP contribution is -2.51. The molecule has 15 nitrogen and oxygen atoms in total. The van der Waals surface area contributed by atoms with E-state index >= 15 is 0 Å². The summed E-state index contributed by atoms with van der Waals surface area (Å²) in [7, 11) is 2.58. The fraction of sp³-hybridized carbons (Fsp3) is 0.488. The number of likely N-dealkylation sites (tertiary alicyclic amines) is 2. The summed E-state index contributed by atoms with van der Waals surface area (Å²) in [6.45, 7) is 9.30. The number of alkyl carbamates (subject to hydrolysis) is 2. The molecule has 3 fully saturated rings. The Morgan fingerprint density at radius 1 is 0.810 bits per heavy atom. The van der Waals surface area contributed by atoms with E-state index in [1.165, 1.54) is 14.2 Å². The third kappa shape index (κ3) is 8.31. The van der Waals surface area contributed by atoms with Crippen molar-refractivity contribution in [1.82, 2.24) is 40.6 Å². The highest BCUT2D eigenvalue weighted by Gasteiger charge is 2.51. The second-order valence-electron chi connectivity index (χ2n) is 16.3. The standard InChI is InChI=1S/C43H54N8O7/c1-25(2)36(46-41(54)56-5)39(52)50-19-7-9-34(50)32-21-31(48-49-32)29-14-10-27(11-15-29)28-12-16-30(17-13-28)33-23-44-38(45-33)35-22-43(18-8-20-58-43)24-51(35)40(53)37(26(3)4)47-42(55)57-6/h10-17,21,23,25-26,34-37H,7-9,18-20,22,24H2,1-6H3,(H,44,45)(H,46,54)(H,47,55)(H,48,49)/t34-,35-,36-,37-,43-/m0/s1. The zero-order valence-electron chi connectivity index (χ0n) is 34.0. The van der Waals surface area contributed by atoms with Crippen molar-refractivity contribution < 1.29 is 33.4 Å². The fourth-order valence-electron chi connectivity index (χ4n) is 8.56. The van der Waals surface area contributed by atoms with E-state index in [0.29, 0.717) is 31.9 Å². The van der Waals surface area contributed by atoms with Crippen LogP contribution < -0.4 is 10.6 Å². The van der Waals surface area contributed by atoms with Gasteiger partial charge in [-0.2, -0.15) is 5.10 Å². The lowest BCUT2D eigenvalue weighted by molar-refractivity contribution is -0.136. The number of nitrogens with zero attached hydrogens (tertiary/aromatic N) is 4. The first-order chi connectivity index (χ1) is 27.9. The zero-order valence-corrected chi connectivity index (χ0v) is 34.0. The first-order valence-corrected chi connectivity index (χ1v) is 20.2. The van der Waals surface area contributed by atoms with Crippen LogP contribution in [0.3, 0.4) is 0 Å². The number of hydrogen-bond acceptors (Lipinski definition) is 9. The van der Waals surface area contributed by atoms with Gasteiger partial charge in [0.2, 0.25) is 11.8 Å². The maximum absolute atomic E-state index is 14.0. The normalized spacial score (nSPS) is 21.4. The molecule has 2 aromatic carbocycles. The first kappa shape index (κ1) is 40.5. The van der Waals surface area contributed by atoms with Crippen LogP contribution in [0, 0.1) is 11.8 Å². The minimum Gasteiger partial charge on any atom is -0.453 e. The van der Waals surface area contributed by atoms with Crippen LogP contribution in [-0.4, -0.2) is 106 Å². The van der Waals surface area contributed by atoms with Crippen LogP contribution in [0.25, 0.3) is 33.6 Å². The largest absolute Gasteiger partial charge is 0.453 e. The summed E-state index contributed by atoms with van der Waals surface area (Å²) < 4.78 is 15.8. The van der Waals surface area contributed by atoms with Crippen molar-refractivity contribution in [2.24, 2.45) is 11.8 Å². The highest BCUT2D eigenvalue weighted by atomic mass is 16.5. The Hall–Kier alpha value is -5.70. The Kier molecular flexibility index (Phi) is 11.9. The molecule has 0 aliphatic carbocycles. The van der Waals surface area contributed by atoms with Gasteiger partial charge in [-0.05, 0) is 60.3 Å². The number of methoxy groups -OCH3 is 2. The van der Waals surface area contributed by atoms with Crippen molar-refractivity contribution in [3.8, 4) is 33.6 Å². The average molecular weight is 795 g/mol. The summed E-state index contributed by atoms with van der Waals surface area (Å²) in [6, 6.07) is 16.5. The second-order valence-corrected chi connectivity index (χ2v) is 16.3. The molecule has 0 saturated carbocycles. The predicted molar refractivity (Wildman–Crippen MR) is 216 cm³/mol. The van der Waals surface area contributed by atoms with Crippen molar-refractivity contribution in [1.29, 1.82) is 0 Å². The Morgan fingerprint density at radius 3 is 1.97 bits per heavy atom. The quantitative estimate of drug-likeness (QED) is 0.134. The molecule has 15 heteroatoms. The molecule has 7 rings (SSSR count). The van der Waals surface area contributed by atoms with Crippen molar-refractivity contribution in [2.75, 3.05) is 33.9 Å². The highest BCUT2D eigenvalue weighted by Crippen LogP contribution is 2.45. The van der Waals surface area contributed by atoms with E-state index in [4.69, 9.17) is 19.2 Å². The molecule has 1 spiro atoms. The molecule has 3 saturated heterocycles. The van der Waals surface area contributed by atoms with Crippen LogP contribution in [0.5, 0.6) is 0 Å². The van der Waals surface area contributed by atoms with Crippen LogP contribution in [0.1, 0.15) is 83.4 Å². The first-order valence-electron chi connectivity index (χ1n) is 20.2. The van der Waals surface area contributed by atoms with Crippen LogP contribution >= 0.6 is 0 Å². The summed E-state index contributed by atoms with van der Waals surface area (Å²) in [6.07, 6.45) is 4.61. The molecule has 308 valence electrons. The molecule has 0 bridgehead atoms. The maximum Gasteiger partial charge on any atom is 0.407 e. The number of aromatic amines is 2. The third-order valence-corrected chi connectivity index (χ3v) is 11.8. The number of H-pyrrole nitrogens is 2. The molecule has 4 amide bonds. The van der Waals surface area contributed by atoms with Gasteiger partial charge in [-0.15, -0.1) is 0 Å². The fourth-order valence-corrected chi connectivity index (χ4v) is 8.56. The molecule has 58 heavy (non-hydrogen) atoms. The molecule has 0 radical (unpaired) electrons. The number of carbonyl (C=O) groups excluding carboxylic acids is 4. The van der Waals surface area contributed by atoms with Gasteiger partial charge in [-0.3, -0.25) is 14.7 Å². The van der Waals surface area contributed by atoms with Gasteiger partial charge in [0.1, 0.15) is 17.9 Å². The number of carbonyl (C=O) groups is 4. The SMILES string of the molecule is COC(=O)N[C@H](C(=O)N1CCC[C@H]1c1cc(-c2ccc(-c3ccc(-c4cnc([C@@H]5C[C@@]6(CCCO6)CN5C(=O)[C@@H](NC(=O)OC)C(C)C)[nH]4)cc3)cc2)n[nH]1)C(C)C. The Balaban J connectivity index is 1.03. The number of ether oxygens (including phenoxy) is 3. The predicted octanol–water partition coefficient (Wildman–Crippen LogP) is 6.38. The molecule has 5 atom stereocenters. The Bertz CT molecular complexity index is 2090. The van der Waals surface area contributed by atoms with Crippen molar-refractivity contribution in [2.45, 2.75) is 89.6 Å². The highest BCUT2D eigenvalue weighted by molar-refractivity contribution is 5.87. The van der Waals surface area contributed by atoms with Gasteiger partial charge >= 0.3 is 12.2 Å². The van der Waals surface area contributed by atoms with Gasteiger partial charge in [0.15, 0.2) is 0 Å². The smallest absolute Gasteiger partial charge is 0.407 e. The number of nitrogens with one attached hydrogen (secondary N) is 4. The molecular formula is C43H54N8O7. The summed E-state index contributed by atoms with van der Waals surface area (Å²) in [5.74, 6) is 0.112. The van der Waals surface area contributed by atoms with Crippen LogP contribution in [0.15, 0.2) is 60.8 Å². The molecule has 4 aromatic rings. The van der Waals surface area contributed by atoms with Gasteiger partial charge in [0.25, 0.3) is 0 Å². The van der Waals surface area contributed by atoms with E-state index in [1.54, 1.807) is 6.20 Å².